The van der Waals surface area contributed by atoms with Crippen molar-refractivity contribution in [1.82, 2.24) is 9.78 Å². The van der Waals surface area contributed by atoms with Crippen molar-refractivity contribution in [2.75, 3.05) is 5.32 Å². The minimum absolute atomic E-state index is 0.0112. The summed E-state index contributed by atoms with van der Waals surface area (Å²) < 4.78 is 1.67. The number of amides is 1. The predicted molar refractivity (Wildman–Crippen MR) is 77.1 cm³/mol. The lowest BCUT2D eigenvalue weighted by Crippen LogP contribution is -2.28. The zero-order valence-corrected chi connectivity index (χ0v) is 11.5. The van der Waals surface area contributed by atoms with Crippen LogP contribution >= 0.6 is 0 Å². The van der Waals surface area contributed by atoms with Crippen LogP contribution in [0.5, 0.6) is 0 Å². The summed E-state index contributed by atoms with van der Waals surface area (Å²) in [4.78, 5) is 12.6. The minimum atomic E-state index is -0.384. The lowest BCUT2D eigenvalue weighted by Gasteiger charge is -2.15. The summed E-state index contributed by atoms with van der Waals surface area (Å²) in [6, 6.07) is 9.91. The van der Waals surface area contributed by atoms with E-state index in [0.29, 0.717) is 12.4 Å². The molecule has 1 aromatic carbocycles. The molecule has 5 nitrogen and oxygen atoms in total. The Morgan fingerprint density at radius 3 is 2.70 bits per heavy atom. The van der Waals surface area contributed by atoms with Crippen molar-refractivity contribution in [3.63, 3.8) is 0 Å². The van der Waals surface area contributed by atoms with Crippen LogP contribution in [0, 0.1) is 0 Å². The molecule has 0 aliphatic heterocycles. The van der Waals surface area contributed by atoms with E-state index < -0.39 is 0 Å². The number of nitrogens with one attached hydrogen (secondary N) is 1. The van der Waals surface area contributed by atoms with Crippen LogP contribution in [0.1, 0.15) is 24.0 Å². The van der Waals surface area contributed by atoms with Crippen molar-refractivity contribution in [3.05, 3.63) is 47.7 Å². The van der Waals surface area contributed by atoms with Gasteiger partial charge >= 0.3 is 0 Å². The molecule has 2 aromatic rings. The molecule has 20 heavy (non-hydrogen) atoms. The quantitative estimate of drug-likeness (QED) is 0.885. The number of carbonyl (C=O) groups is 1. The molecule has 1 aromatic heterocycles. The summed E-state index contributed by atoms with van der Waals surface area (Å²) in [5.41, 5.74) is 7.21. The Hall–Kier alpha value is -2.14. The molecule has 0 spiro atoms. The third-order valence-corrected chi connectivity index (χ3v) is 3.87. The Kier molecular flexibility index (Phi) is 3.06. The fourth-order valence-electron chi connectivity index (χ4n) is 2.55. The van der Waals surface area contributed by atoms with Crippen LogP contribution in [0.15, 0.2) is 36.5 Å². The molecule has 0 bridgehead atoms. The summed E-state index contributed by atoms with van der Waals surface area (Å²) in [5, 5.41) is 7.19. The highest BCUT2D eigenvalue weighted by atomic mass is 16.2. The van der Waals surface area contributed by atoms with Gasteiger partial charge in [0.2, 0.25) is 5.91 Å². The molecule has 0 radical (unpaired) electrons. The van der Waals surface area contributed by atoms with Crippen LogP contribution in [0.25, 0.3) is 0 Å². The van der Waals surface area contributed by atoms with Crippen LogP contribution < -0.4 is 11.1 Å². The topological polar surface area (TPSA) is 72.9 Å². The molecule has 0 saturated heterocycles. The van der Waals surface area contributed by atoms with Crippen molar-refractivity contribution in [3.8, 4) is 0 Å². The molecule has 1 aliphatic carbocycles. The number of benzene rings is 1. The fourth-order valence-corrected chi connectivity index (χ4v) is 2.55. The van der Waals surface area contributed by atoms with Crippen molar-refractivity contribution >= 4 is 11.7 Å². The average Bonchev–Trinajstić information content (AvgIpc) is 3.20. The number of aromatic nitrogens is 2. The number of carbonyl (C=O) groups excluding carboxylic acids is 1. The maximum Gasteiger partial charge on any atom is 0.236 e. The van der Waals surface area contributed by atoms with E-state index in [4.69, 9.17) is 5.73 Å². The van der Waals surface area contributed by atoms with Crippen LogP contribution in [0.3, 0.4) is 0 Å². The Morgan fingerprint density at radius 2 is 2.10 bits per heavy atom. The third kappa shape index (κ3) is 2.10. The predicted octanol–water partition coefficient (Wildman–Crippen LogP) is 1.55. The molecule has 104 valence electrons. The zero-order chi connectivity index (χ0) is 14.2. The van der Waals surface area contributed by atoms with E-state index in [1.165, 1.54) is 0 Å². The molecule has 5 heteroatoms. The molecule has 0 unspecified atom stereocenters. The number of rotatable bonds is 4. The summed E-state index contributed by atoms with van der Waals surface area (Å²) >= 11 is 0. The Morgan fingerprint density at radius 1 is 1.40 bits per heavy atom. The standard InChI is InChI=1S/C15H18N4O/c1-19-10-11(9-16)13(18-19)17-14(20)15(7-8-15)12-5-3-2-4-6-12/h2-6,10H,7-9,16H2,1H3,(H,17,18,20). The Bertz CT molecular complexity index is 629. The van der Waals surface area contributed by atoms with E-state index in [1.54, 1.807) is 4.68 Å². The monoisotopic (exact) mass is 270 g/mol. The van der Waals surface area contributed by atoms with Gasteiger partial charge in [-0.1, -0.05) is 30.3 Å². The summed E-state index contributed by atoms with van der Waals surface area (Å²) in [6.45, 7) is 0.363. The highest BCUT2D eigenvalue weighted by Crippen LogP contribution is 2.48. The first kappa shape index (κ1) is 12.9. The van der Waals surface area contributed by atoms with Crippen LogP contribution in [0.2, 0.25) is 0 Å². The van der Waals surface area contributed by atoms with Gasteiger partial charge in [-0.2, -0.15) is 5.10 Å². The normalized spacial score (nSPS) is 15.9. The first-order chi connectivity index (χ1) is 9.65. The van der Waals surface area contributed by atoms with Gasteiger partial charge in [0.1, 0.15) is 0 Å². The Balaban J connectivity index is 1.83. The number of nitrogens with zero attached hydrogens (tertiary/aromatic N) is 2. The lowest BCUT2D eigenvalue weighted by molar-refractivity contribution is -0.118. The largest absolute Gasteiger partial charge is 0.326 e. The number of nitrogens with two attached hydrogens (primary N) is 1. The molecule has 1 heterocycles. The highest BCUT2D eigenvalue weighted by molar-refractivity contribution is 6.01. The molecular weight excluding hydrogens is 252 g/mol. The average molecular weight is 270 g/mol. The van der Waals surface area contributed by atoms with Crippen molar-refractivity contribution in [2.45, 2.75) is 24.8 Å². The maximum absolute atomic E-state index is 12.6. The van der Waals surface area contributed by atoms with Gasteiger partial charge < -0.3 is 11.1 Å². The molecule has 3 rings (SSSR count). The van der Waals surface area contributed by atoms with Gasteiger partial charge in [-0.3, -0.25) is 9.48 Å². The van der Waals surface area contributed by atoms with Crippen LogP contribution in [-0.2, 0) is 23.8 Å². The SMILES string of the molecule is Cn1cc(CN)c(NC(=O)C2(c3ccccc3)CC2)n1. The fraction of sp³-hybridized carbons (Fsp3) is 0.333. The minimum Gasteiger partial charge on any atom is -0.326 e. The lowest BCUT2D eigenvalue weighted by atomic mass is 9.95. The van der Waals surface area contributed by atoms with Gasteiger partial charge in [0.25, 0.3) is 0 Å². The molecule has 1 saturated carbocycles. The number of hydrogen-bond donors (Lipinski definition) is 2. The van der Waals surface area contributed by atoms with Gasteiger partial charge in [-0.15, -0.1) is 0 Å². The van der Waals surface area contributed by atoms with Gasteiger partial charge in [-0.05, 0) is 18.4 Å². The van der Waals surface area contributed by atoms with Crippen LogP contribution in [-0.4, -0.2) is 15.7 Å². The maximum atomic E-state index is 12.6. The van der Waals surface area contributed by atoms with E-state index in [1.807, 2.05) is 43.6 Å². The number of anilines is 1. The number of aryl methyl sites for hydroxylation is 1. The molecule has 1 amide bonds. The molecule has 1 aliphatic rings. The Labute approximate surface area is 117 Å². The van der Waals surface area contributed by atoms with E-state index in [2.05, 4.69) is 10.4 Å². The smallest absolute Gasteiger partial charge is 0.236 e. The zero-order valence-electron chi connectivity index (χ0n) is 11.5. The second-order valence-corrected chi connectivity index (χ2v) is 5.28. The van der Waals surface area contributed by atoms with E-state index >= 15 is 0 Å². The van der Waals surface area contributed by atoms with Gasteiger partial charge in [0.15, 0.2) is 5.82 Å². The van der Waals surface area contributed by atoms with Gasteiger partial charge in [0.05, 0.1) is 5.41 Å². The first-order valence-electron chi connectivity index (χ1n) is 6.75. The van der Waals surface area contributed by atoms with Gasteiger partial charge in [0, 0.05) is 25.4 Å². The van der Waals surface area contributed by atoms with Crippen LogP contribution in [0.4, 0.5) is 5.82 Å². The first-order valence-corrected chi connectivity index (χ1v) is 6.75. The highest BCUT2D eigenvalue weighted by Gasteiger charge is 2.51. The number of hydrogen-bond acceptors (Lipinski definition) is 3. The van der Waals surface area contributed by atoms with E-state index in [9.17, 15) is 4.79 Å². The van der Waals surface area contributed by atoms with E-state index in [0.717, 1.165) is 24.0 Å². The summed E-state index contributed by atoms with van der Waals surface area (Å²) in [6.07, 6.45) is 3.60. The van der Waals surface area contributed by atoms with Crippen molar-refractivity contribution in [2.24, 2.45) is 12.8 Å². The molecular formula is C15H18N4O. The van der Waals surface area contributed by atoms with Crippen molar-refractivity contribution < 1.29 is 4.79 Å². The third-order valence-electron chi connectivity index (χ3n) is 3.87. The molecule has 3 N–H and O–H groups in total. The van der Waals surface area contributed by atoms with Crippen molar-refractivity contribution in [1.29, 1.82) is 0 Å². The summed E-state index contributed by atoms with van der Waals surface area (Å²) in [5.74, 6) is 0.583. The van der Waals surface area contributed by atoms with E-state index in [-0.39, 0.29) is 11.3 Å². The second kappa shape index (κ2) is 4.76. The molecule has 0 atom stereocenters. The molecule has 1 fully saturated rings. The van der Waals surface area contributed by atoms with Gasteiger partial charge in [-0.25, -0.2) is 0 Å². The second-order valence-electron chi connectivity index (χ2n) is 5.28. The summed E-state index contributed by atoms with van der Waals surface area (Å²) in [7, 11) is 1.82.